The van der Waals surface area contributed by atoms with Crippen LogP contribution in [0.3, 0.4) is 0 Å². The Morgan fingerprint density at radius 2 is 1.66 bits per heavy atom. The average Bonchev–Trinajstić information content (AvgIpc) is 3.10. The lowest BCUT2D eigenvalue weighted by atomic mass is 9.97. The number of carbonyl (C=O) groups is 3. The Morgan fingerprint density at radius 3 is 2.38 bits per heavy atom. The monoisotopic (exact) mass is 427 g/mol. The number of imide groups is 1. The van der Waals surface area contributed by atoms with Gasteiger partial charge < -0.3 is 10.2 Å². The van der Waals surface area contributed by atoms with Crippen LogP contribution in [0.5, 0.6) is 0 Å². The quantitative estimate of drug-likeness (QED) is 0.643. The van der Waals surface area contributed by atoms with Crippen LogP contribution in [0.1, 0.15) is 33.6 Å². The molecule has 3 amide bonds. The zero-order valence-electron chi connectivity index (χ0n) is 17.3. The third kappa shape index (κ3) is 3.60. The molecule has 2 aliphatic rings. The van der Waals surface area contributed by atoms with Gasteiger partial charge in [0.2, 0.25) is 11.9 Å². The van der Waals surface area contributed by atoms with E-state index in [0.29, 0.717) is 35.0 Å². The van der Waals surface area contributed by atoms with Gasteiger partial charge in [-0.1, -0.05) is 18.2 Å². The van der Waals surface area contributed by atoms with E-state index in [9.17, 15) is 14.4 Å². The molecule has 1 saturated heterocycles. The first-order valence-electron chi connectivity index (χ1n) is 10.5. The molecule has 160 valence electrons. The van der Waals surface area contributed by atoms with Gasteiger partial charge in [0.05, 0.1) is 22.7 Å². The first kappa shape index (κ1) is 19.9. The van der Waals surface area contributed by atoms with Crippen LogP contribution < -0.4 is 15.1 Å². The molecule has 2 aliphatic heterocycles. The second-order valence-corrected chi connectivity index (χ2v) is 7.86. The number of rotatable bonds is 4. The number of anilines is 3. The van der Waals surface area contributed by atoms with Crippen molar-refractivity contribution in [2.75, 3.05) is 28.2 Å². The predicted molar refractivity (Wildman–Crippen MR) is 120 cm³/mol. The van der Waals surface area contributed by atoms with Gasteiger partial charge >= 0.3 is 0 Å². The molecule has 1 fully saturated rings. The number of nitrogens with zero attached hydrogens (tertiary/aromatic N) is 4. The summed E-state index contributed by atoms with van der Waals surface area (Å²) in [5.41, 5.74) is 1.74. The molecule has 1 aromatic heterocycles. The Kier molecular flexibility index (Phi) is 5.10. The molecule has 8 nitrogen and oxygen atoms in total. The highest BCUT2D eigenvalue weighted by molar-refractivity contribution is 6.34. The Labute approximate surface area is 184 Å². The Morgan fingerprint density at radius 1 is 0.938 bits per heavy atom. The SMILES string of the molecule is O=C(Nc1cccc(N2C(=O)c3ccccc3C2=O)c1)C1CCCN(c2ncccn2)C1. The molecule has 2 aromatic carbocycles. The molecule has 3 aromatic rings. The molecular weight excluding hydrogens is 406 g/mol. The smallest absolute Gasteiger partial charge is 0.266 e. The summed E-state index contributed by atoms with van der Waals surface area (Å²) in [5, 5.41) is 2.94. The van der Waals surface area contributed by atoms with Crippen LogP contribution in [-0.4, -0.2) is 40.8 Å². The molecule has 0 aliphatic carbocycles. The van der Waals surface area contributed by atoms with E-state index < -0.39 is 0 Å². The number of amides is 3. The van der Waals surface area contributed by atoms with Crippen molar-refractivity contribution in [1.82, 2.24) is 9.97 Å². The maximum Gasteiger partial charge on any atom is 0.266 e. The summed E-state index contributed by atoms with van der Waals surface area (Å²) in [6.07, 6.45) is 5.02. The lowest BCUT2D eigenvalue weighted by Crippen LogP contribution is -2.41. The summed E-state index contributed by atoms with van der Waals surface area (Å²) >= 11 is 0. The number of nitrogens with one attached hydrogen (secondary N) is 1. The van der Waals surface area contributed by atoms with E-state index in [1.54, 1.807) is 67.0 Å². The van der Waals surface area contributed by atoms with E-state index in [0.717, 1.165) is 24.3 Å². The molecule has 0 spiro atoms. The summed E-state index contributed by atoms with van der Waals surface area (Å²) in [6.45, 7) is 1.34. The Bertz CT molecular complexity index is 1160. The highest BCUT2D eigenvalue weighted by Crippen LogP contribution is 2.30. The fraction of sp³-hybridized carbons (Fsp3) is 0.208. The van der Waals surface area contributed by atoms with Crippen molar-refractivity contribution in [3.8, 4) is 0 Å². The van der Waals surface area contributed by atoms with Crippen LogP contribution >= 0.6 is 0 Å². The molecule has 1 N–H and O–H groups in total. The van der Waals surface area contributed by atoms with Crippen LogP contribution in [0.25, 0.3) is 0 Å². The zero-order chi connectivity index (χ0) is 22.1. The van der Waals surface area contributed by atoms with E-state index in [1.807, 2.05) is 4.90 Å². The highest BCUT2D eigenvalue weighted by atomic mass is 16.2. The van der Waals surface area contributed by atoms with Crippen molar-refractivity contribution in [2.24, 2.45) is 5.92 Å². The maximum absolute atomic E-state index is 13.0. The highest BCUT2D eigenvalue weighted by Gasteiger charge is 2.36. The molecule has 0 radical (unpaired) electrons. The molecule has 5 rings (SSSR count). The standard InChI is InChI=1S/C24H21N5O3/c30-21(16-6-4-13-28(15-16)24-25-11-5-12-26-24)27-17-7-3-8-18(14-17)29-22(31)19-9-1-2-10-20(19)23(29)32/h1-3,5,7-12,14,16H,4,6,13,15H2,(H,27,30). The minimum Gasteiger partial charge on any atom is -0.340 e. The normalized spacial score (nSPS) is 17.9. The van der Waals surface area contributed by atoms with Gasteiger partial charge in [0.15, 0.2) is 0 Å². The Hall–Kier alpha value is -4.07. The van der Waals surface area contributed by atoms with Crippen LogP contribution in [0.4, 0.5) is 17.3 Å². The number of hydrogen-bond acceptors (Lipinski definition) is 6. The Balaban J connectivity index is 1.31. The van der Waals surface area contributed by atoms with Gasteiger partial charge in [-0.2, -0.15) is 0 Å². The number of piperidine rings is 1. The third-order valence-corrected chi connectivity index (χ3v) is 5.79. The summed E-state index contributed by atoms with van der Waals surface area (Å²) in [4.78, 5) is 50.2. The average molecular weight is 427 g/mol. The van der Waals surface area contributed by atoms with Crippen molar-refractivity contribution in [1.29, 1.82) is 0 Å². The van der Waals surface area contributed by atoms with Crippen molar-refractivity contribution >= 4 is 35.0 Å². The van der Waals surface area contributed by atoms with Gasteiger partial charge in [0, 0.05) is 31.2 Å². The number of carbonyl (C=O) groups excluding carboxylic acids is 3. The lowest BCUT2D eigenvalue weighted by molar-refractivity contribution is -0.120. The van der Waals surface area contributed by atoms with Crippen molar-refractivity contribution in [3.63, 3.8) is 0 Å². The van der Waals surface area contributed by atoms with Crippen molar-refractivity contribution < 1.29 is 14.4 Å². The van der Waals surface area contributed by atoms with Gasteiger partial charge in [-0.25, -0.2) is 14.9 Å². The minimum absolute atomic E-state index is 0.106. The fourth-order valence-corrected chi connectivity index (χ4v) is 4.22. The zero-order valence-corrected chi connectivity index (χ0v) is 17.3. The van der Waals surface area contributed by atoms with Crippen molar-refractivity contribution in [3.05, 3.63) is 78.1 Å². The van der Waals surface area contributed by atoms with E-state index in [4.69, 9.17) is 0 Å². The molecule has 0 bridgehead atoms. The van der Waals surface area contributed by atoms with E-state index >= 15 is 0 Å². The van der Waals surface area contributed by atoms with E-state index in [2.05, 4.69) is 15.3 Å². The predicted octanol–water partition coefficient (Wildman–Crippen LogP) is 3.13. The first-order valence-corrected chi connectivity index (χ1v) is 10.5. The molecule has 1 unspecified atom stereocenters. The maximum atomic E-state index is 13.0. The second kappa shape index (κ2) is 8.22. The van der Waals surface area contributed by atoms with Crippen LogP contribution in [0.2, 0.25) is 0 Å². The summed E-state index contributed by atoms with van der Waals surface area (Å²) in [7, 11) is 0. The summed E-state index contributed by atoms with van der Waals surface area (Å²) < 4.78 is 0. The second-order valence-electron chi connectivity index (χ2n) is 7.86. The number of hydrogen-bond donors (Lipinski definition) is 1. The summed E-state index contributed by atoms with van der Waals surface area (Å²) in [6, 6.07) is 15.3. The molecule has 1 atom stereocenters. The fourth-order valence-electron chi connectivity index (χ4n) is 4.22. The van der Waals surface area contributed by atoms with Gasteiger partial charge in [-0.05, 0) is 49.2 Å². The molecular formula is C24H21N5O3. The van der Waals surface area contributed by atoms with Crippen LogP contribution in [-0.2, 0) is 4.79 Å². The van der Waals surface area contributed by atoms with Gasteiger partial charge in [0.25, 0.3) is 11.8 Å². The van der Waals surface area contributed by atoms with E-state index in [-0.39, 0.29) is 23.6 Å². The first-order chi connectivity index (χ1) is 15.6. The summed E-state index contributed by atoms with van der Waals surface area (Å²) in [5.74, 6) is -0.419. The largest absolute Gasteiger partial charge is 0.340 e. The van der Waals surface area contributed by atoms with Gasteiger partial charge in [-0.3, -0.25) is 14.4 Å². The molecule has 3 heterocycles. The van der Waals surface area contributed by atoms with Crippen molar-refractivity contribution in [2.45, 2.75) is 12.8 Å². The van der Waals surface area contributed by atoms with E-state index in [1.165, 1.54) is 0 Å². The molecule has 0 saturated carbocycles. The minimum atomic E-state index is -0.361. The van der Waals surface area contributed by atoms with Crippen LogP contribution in [0.15, 0.2) is 67.0 Å². The molecule has 32 heavy (non-hydrogen) atoms. The van der Waals surface area contributed by atoms with Gasteiger partial charge in [-0.15, -0.1) is 0 Å². The number of aromatic nitrogens is 2. The molecule has 8 heteroatoms. The topological polar surface area (TPSA) is 95.5 Å². The number of benzene rings is 2. The van der Waals surface area contributed by atoms with Crippen LogP contribution in [0, 0.1) is 5.92 Å². The third-order valence-electron chi connectivity index (χ3n) is 5.79. The van der Waals surface area contributed by atoms with Gasteiger partial charge in [0.1, 0.15) is 0 Å². The lowest BCUT2D eigenvalue weighted by Gasteiger charge is -2.31. The number of fused-ring (bicyclic) bond motifs is 1.